The molecular formula is C34H50O4Si2. The van der Waals surface area contributed by atoms with Crippen LogP contribution >= 0.6 is 0 Å². The van der Waals surface area contributed by atoms with Gasteiger partial charge < -0.3 is 17.7 Å². The van der Waals surface area contributed by atoms with Crippen LogP contribution in [0.15, 0.2) is 84.9 Å². The van der Waals surface area contributed by atoms with Crippen LogP contribution in [0, 0.1) is 0 Å². The molecule has 4 nitrogen and oxygen atoms in total. The lowest BCUT2D eigenvalue weighted by Crippen LogP contribution is -2.66. The summed E-state index contributed by atoms with van der Waals surface area (Å²) in [6, 6.07) is 30.1. The van der Waals surface area contributed by atoms with Crippen LogP contribution in [0.25, 0.3) is 0 Å². The number of hydrogen-bond donors (Lipinski definition) is 0. The van der Waals surface area contributed by atoms with Gasteiger partial charge in [0.15, 0.2) is 0 Å². The molecule has 0 amide bonds. The molecule has 0 aromatic heterocycles. The van der Waals surface area contributed by atoms with Gasteiger partial charge in [-0.25, -0.2) is 0 Å². The maximum Gasteiger partial charge on any atom is 0.407 e. The Morgan fingerprint density at radius 3 is 0.875 bits per heavy atom. The SMILES string of the molecule is CCCCO[Si](OCCCC)(c1ccccc1)c1ccc([Si](OCCCC)(OCCCC)c2ccccc2)cc1. The first-order chi connectivity index (χ1) is 19.7. The van der Waals surface area contributed by atoms with Crippen LogP contribution in [-0.4, -0.2) is 43.5 Å². The Morgan fingerprint density at radius 2 is 0.625 bits per heavy atom. The van der Waals surface area contributed by atoms with Gasteiger partial charge in [-0.15, -0.1) is 0 Å². The smallest absolute Gasteiger partial charge is 0.388 e. The van der Waals surface area contributed by atoms with Crippen molar-refractivity contribution >= 4 is 37.9 Å². The van der Waals surface area contributed by atoms with Crippen molar-refractivity contribution in [1.29, 1.82) is 0 Å². The summed E-state index contributed by atoms with van der Waals surface area (Å²) < 4.78 is 27.3. The molecule has 3 aromatic rings. The van der Waals surface area contributed by atoms with Crippen molar-refractivity contribution in [3.05, 3.63) is 84.9 Å². The summed E-state index contributed by atoms with van der Waals surface area (Å²) in [6.07, 6.45) is 8.39. The fraction of sp³-hybridized carbons (Fsp3) is 0.471. The molecule has 0 N–H and O–H groups in total. The summed E-state index contributed by atoms with van der Waals surface area (Å²) in [6.45, 7) is 11.6. The molecule has 0 unspecified atom stereocenters. The van der Waals surface area contributed by atoms with Crippen molar-refractivity contribution in [2.24, 2.45) is 0 Å². The van der Waals surface area contributed by atoms with E-state index in [0.29, 0.717) is 26.4 Å². The number of benzene rings is 3. The summed E-state index contributed by atoms with van der Waals surface area (Å²) in [5.74, 6) is 0. The Morgan fingerprint density at radius 1 is 0.375 bits per heavy atom. The maximum absolute atomic E-state index is 6.82. The highest BCUT2D eigenvalue weighted by Gasteiger charge is 2.45. The molecule has 0 aliphatic rings. The van der Waals surface area contributed by atoms with Crippen molar-refractivity contribution in [2.45, 2.75) is 79.1 Å². The zero-order valence-electron chi connectivity index (χ0n) is 25.2. The second kappa shape index (κ2) is 17.7. The minimum absolute atomic E-state index is 0.689. The lowest BCUT2D eigenvalue weighted by Gasteiger charge is -2.34. The molecule has 0 saturated heterocycles. The lowest BCUT2D eigenvalue weighted by molar-refractivity contribution is 0.185. The van der Waals surface area contributed by atoms with E-state index in [1.807, 2.05) is 0 Å². The third-order valence-corrected chi connectivity index (χ3v) is 14.0. The van der Waals surface area contributed by atoms with E-state index in [1.165, 1.54) is 0 Å². The van der Waals surface area contributed by atoms with Gasteiger partial charge in [-0.2, -0.15) is 0 Å². The summed E-state index contributed by atoms with van der Waals surface area (Å²) in [5.41, 5.74) is 0. The molecule has 0 bridgehead atoms. The second-order valence-corrected chi connectivity index (χ2v) is 16.3. The van der Waals surface area contributed by atoms with Crippen LogP contribution in [0.2, 0.25) is 0 Å². The van der Waals surface area contributed by atoms with Gasteiger partial charge >= 0.3 is 17.1 Å². The largest absolute Gasteiger partial charge is 0.407 e. The minimum Gasteiger partial charge on any atom is -0.388 e. The Bertz CT molecular complexity index is 954. The average Bonchev–Trinajstić information content (AvgIpc) is 3.01. The van der Waals surface area contributed by atoms with Gasteiger partial charge in [-0.3, -0.25) is 0 Å². The Labute approximate surface area is 245 Å². The van der Waals surface area contributed by atoms with Gasteiger partial charge in [0.25, 0.3) is 0 Å². The molecule has 6 heteroatoms. The van der Waals surface area contributed by atoms with E-state index < -0.39 is 17.1 Å². The van der Waals surface area contributed by atoms with Crippen molar-refractivity contribution in [3.63, 3.8) is 0 Å². The van der Waals surface area contributed by atoms with Crippen molar-refractivity contribution in [3.8, 4) is 0 Å². The highest BCUT2D eigenvalue weighted by molar-refractivity contribution is 6.94. The molecule has 3 rings (SSSR count). The van der Waals surface area contributed by atoms with Gasteiger partial charge in [0.1, 0.15) is 0 Å². The molecule has 0 saturated carbocycles. The second-order valence-electron chi connectivity index (χ2n) is 10.4. The third kappa shape index (κ3) is 8.47. The lowest BCUT2D eigenvalue weighted by atomic mass is 10.3. The summed E-state index contributed by atoms with van der Waals surface area (Å²) >= 11 is 0. The molecule has 0 radical (unpaired) electrons. The molecule has 218 valence electrons. The van der Waals surface area contributed by atoms with Crippen LogP contribution in [0.4, 0.5) is 0 Å². The molecule has 0 fully saturated rings. The Hall–Kier alpha value is -2.07. The highest BCUT2D eigenvalue weighted by atomic mass is 28.4. The topological polar surface area (TPSA) is 36.9 Å². The molecule has 0 spiro atoms. The predicted molar refractivity (Wildman–Crippen MR) is 173 cm³/mol. The first kappa shape index (κ1) is 32.4. The third-order valence-electron chi connectivity index (χ3n) is 7.17. The Kier molecular flexibility index (Phi) is 14.3. The van der Waals surface area contributed by atoms with Crippen molar-refractivity contribution in [1.82, 2.24) is 0 Å². The molecule has 3 aromatic carbocycles. The van der Waals surface area contributed by atoms with Gasteiger partial charge in [0, 0.05) is 26.4 Å². The molecule has 0 heterocycles. The summed E-state index contributed by atoms with van der Waals surface area (Å²) in [5, 5.41) is 4.57. The molecule has 0 aliphatic heterocycles. The molecule has 40 heavy (non-hydrogen) atoms. The molecule has 0 atom stereocenters. The van der Waals surface area contributed by atoms with E-state index in [-0.39, 0.29) is 0 Å². The standard InChI is InChI=1S/C34H50O4Si2/c1-5-9-27-35-39(36-28-10-6-2,31-19-15-13-16-20-31)33-23-25-34(26-24-33)40(37-29-11-7-3,38-30-12-8-4)32-21-17-14-18-22-32/h13-26H,5-12,27-30H2,1-4H3. The van der Waals surface area contributed by atoms with E-state index >= 15 is 0 Å². The van der Waals surface area contributed by atoms with Gasteiger partial charge in [-0.05, 0) is 46.4 Å². The average molecular weight is 579 g/mol. The zero-order chi connectivity index (χ0) is 28.5. The first-order valence-electron chi connectivity index (χ1n) is 15.4. The van der Waals surface area contributed by atoms with Crippen LogP contribution in [0.1, 0.15) is 79.1 Å². The van der Waals surface area contributed by atoms with Crippen LogP contribution in [-0.2, 0) is 17.7 Å². The first-order valence-corrected chi connectivity index (χ1v) is 19.1. The summed E-state index contributed by atoms with van der Waals surface area (Å²) in [4.78, 5) is 0. The van der Waals surface area contributed by atoms with Gasteiger partial charge in [0.2, 0.25) is 0 Å². The monoisotopic (exact) mass is 578 g/mol. The quantitative estimate of drug-likeness (QED) is 0.121. The fourth-order valence-electron chi connectivity index (χ4n) is 4.75. The number of unbranched alkanes of at least 4 members (excludes halogenated alkanes) is 4. The normalized spacial score (nSPS) is 12.1. The predicted octanol–water partition coefficient (Wildman–Crippen LogP) is 6.07. The number of hydrogen-bond acceptors (Lipinski definition) is 4. The minimum atomic E-state index is -2.91. The summed E-state index contributed by atoms with van der Waals surface area (Å²) in [7, 11) is -5.82. The van der Waals surface area contributed by atoms with E-state index in [0.717, 1.165) is 72.1 Å². The zero-order valence-corrected chi connectivity index (χ0v) is 27.2. The Balaban J connectivity index is 2.10. The van der Waals surface area contributed by atoms with Crippen molar-refractivity contribution < 1.29 is 17.7 Å². The maximum atomic E-state index is 6.82. The van der Waals surface area contributed by atoms with Crippen LogP contribution in [0.3, 0.4) is 0 Å². The van der Waals surface area contributed by atoms with E-state index in [9.17, 15) is 0 Å². The number of rotatable bonds is 20. The van der Waals surface area contributed by atoms with E-state index in [1.54, 1.807) is 0 Å². The van der Waals surface area contributed by atoms with E-state index in [2.05, 4.69) is 113 Å². The molecule has 0 aliphatic carbocycles. The van der Waals surface area contributed by atoms with Crippen molar-refractivity contribution in [2.75, 3.05) is 26.4 Å². The van der Waals surface area contributed by atoms with E-state index in [4.69, 9.17) is 17.7 Å². The molecular weight excluding hydrogens is 529 g/mol. The highest BCUT2D eigenvalue weighted by Crippen LogP contribution is 2.16. The van der Waals surface area contributed by atoms with Gasteiger partial charge in [-0.1, -0.05) is 138 Å². The fourth-order valence-corrected chi connectivity index (χ4v) is 11.1. The van der Waals surface area contributed by atoms with Gasteiger partial charge in [0.05, 0.1) is 0 Å². The van der Waals surface area contributed by atoms with Crippen LogP contribution < -0.4 is 20.7 Å². The van der Waals surface area contributed by atoms with Crippen LogP contribution in [0.5, 0.6) is 0 Å².